The number of rotatable bonds is 4. The van der Waals surface area contributed by atoms with Gasteiger partial charge in [0.2, 0.25) is 0 Å². The molecule has 2 unspecified atom stereocenters. The van der Waals surface area contributed by atoms with Crippen LogP contribution in [0, 0.1) is 0 Å². The summed E-state index contributed by atoms with van der Waals surface area (Å²) in [6, 6.07) is 20.9. The highest BCUT2D eigenvalue weighted by atomic mass is 16.3. The second kappa shape index (κ2) is 6.83. The van der Waals surface area contributed by atoms with E-state index in [4.69, 9.17) is 0 Å². The average molecular weight is 310 g/mol. The molecule has 0 saturated carbocycles. The van der Waals surface area contributed by atoms with Gasteiger partial charge in [-0.25, -0.2) is 0 Å². The molecule has 3 heteroatoms. The minimum atomic E-state index is -0.992. The van der Waals surface area contributed by atoms with Crippen LogP contribution in [0.5, 0.6) is 0 Å². The number of nitrogens with zero attached hydrogens (tertiary/aromatic N) is 1. The van der Waals surface area contributed by atoms with Crippen LogP contribution in [0.25, 0.3) is 0 Å². The van der Waals surface area contributed by atoms with E-state index in [2.05, 4.69) is 24.1 Å². The Morgan fingerprint density at radius 2 is 1.52 bits per heavy atom. The molecule has 2 atom stereocenters. The van der Waals surface area contributed by atoms with Gasteiger partial charge in [0.1, 0.15) is 5.60 Å². The fourth-order valence-electron chi connectivity index (χ4n) is 3.39. The van der Waals surface area contributed by atoms with Crippen molar-refractivity contribution in [1.29, 1.82) is 0 Å². The van der Waals surface area contributed by atoms with Gasteiger partial charge < -0.3 is 10.4 Å². The number of β-amino-alcohol motifs (C(OH)–C–C–N with tert-alkyl or cyclic N) is 1. The molecule has 3 nitrogen and oxygen atoms in total. The third kappa shape index (κ3) is 3.47. The summed E-state index contributed by atoms with van der Waals surface area (Å²) in [5.41, 5.74) is 0.905. The van der Waals surface area contributed by atoms with E-state index >= 15 is 0 Å². The topological polar surface area (TPSA) is 35.5 Å². The van der Waals surface area contributed by atoms with Gasteiger partial charge in [-0.3, -0.25) is 4.90 Å². The highest BCUT2D eigenvalue weighted by Gasteiger charge is 2.36. The van der Waals surface area contributed by atoms with Crippen LogP contribution in [0.1, 0.15) is 25.0 Å². The first-order valence-electron chi connectivity index (χ1n) is 8.40. The van der Waals surface area contributed by atoms with Crippen LogP contribution < -0.4 is 5.32 Å². The van der Waals surface area contributed by atoms with E-state index in [-0.39, 0.29) is 0 Å². The van der Waals surface area contributed by atoms with Crippen LogP contribution in [-0.2, 0) is 5.60 Å². The van der Waals surface area contributed by atoms with Crippen LogP contribution in [0.4, 0.5) is 0 Å². The van der Waals surface area contributed by atoms with E-state index in [1.165, 1.54) is 0 Å². The van der Waals surface area contributed by atoms with Gasteiger partial charge in [0, 0.05) is 31.7 Å². The van der Waals surface area contributed by atoms with Gasteiger partial charge in [-0.05, 0) is 25.0 Å². The Morgan fingerprint density at radius 3 is 2.04 bits per heavy atom. The minimum absolute atomic E-state index is 0.408. The van der Waals surface area contributed by atoms with Crippen molar-refractivity contribution in [3.05, 3.63) is 71.8 Å². The maximum absolute atomic E-state index is 11.6. The molecule has 3 rings (SSSR count). The van der Waals surface area contributed by atoms with Crippen molar-refractivity contribution in [2.75, 3.05) is 19.6 Å². The zero-order chi connectivity index (χ0) is 16.3. The lowest BCUT2D eigenvalue weighted by Gasteiger charge is -2.42. The molecule has 1 fully saturated rings. The largest absolute Gasteiger partial charge is 0.379 e. The number of hydrogen-bond acceptors (Lipinski definition) is 3. The molecule has 0 amide bonds. The molecule has 2 N–H and O–H groups in total. The van der Waals surface area contributed by atoms with Crippen LogP contribution in [0.15, 0.2) is 60.7 Å². The molecule has 0 aromatic heterocycles. The van der Waals surface area contributed by atoms with Crippen molar-refractivity contribution < 1.29 is 5.11 Å². The van der Waals surface area contributed by atoms with Crippen LogP contribution in [0.3, 0.4) is 0 Å². The minimum Gasteiger partial charge on any atom is -0.379 e. The maximum Gasteiger partial charge on any atom is 0.127 e. The van der Waals surface area contributed by atoms with Crippen LogP contribution >= 0.6 is 0 Å². The van der Waals surface area contributed by atoms with Crippen molar-refractivity contribution in [2.45, 2.75) is 31.5 Å². The predicted octanol–water partition coefficient (Wildman–Crippen LogP) is 2.60. The summed E-state index contributed by atoms with van der Waals surface area (Å²) in [5.74, 6) is 0. The molecule has 1 aliphatic heterocycles. The third-order valence-electron chi connectivity index (χ3n) is 4.83. The molecular formula is C20H26N2O. The highest BCUT2D eigenvalue weighted by Crippen LogP contribution is 2.31. The van der Waals surface area contributed by atoms with E-state index in [9.17, 15) is 5.11 Å². The molecule has 0 radical (unpaired) electrons. The molecule has 0 aliphatic carbocycles. The number of nitrogens with one attached hydrogen (secondary N) is 1. The molecule has 0 spiro atoms. The Bertz CT molecular complexity index is 575. The van der Waals surface area contributed by atoms with Crippen LogP contribution in [-0.4, -0.2) is 41.7 Å². The van der Waals surface area contributed by atoms with Crippen molar-refractivity contribution in [2.24, 2.45) is 0 Å². The van der Waals surface area contributed by atoms with Gasteiger partial charge in [0.05, 0.1) is 0 Å². The van der Waals surface area contributed by atoms with E-state index in [0.29, 0.717) is 18.6 Å². The molecule has 122 valence electrons. The Balaban J connectivity index is 1.96. The van der Waals surface area contributed by atoms with Crippen molar-refractivity contribution >= 4 is 0 Å². The van der Waals surface area contributed by atoms with Crippen molar-refractivity contribution in [3.63, 3.8) is 0 Å². The second-order valence-corrected chi connectivity index (χ2v) is 6.68. The third-order valence-corrected chi connectivity index (χ3v) is 4.83. The summed E-state index contributed by atoms with van der Waals surface area (Å²) < 4.78 is 0. The van der Waals surface area contributed by atoms with Gasteiger partial charge in [-0.2, -0.15) is 0 Å². The van der Waals surface area contributed by atoms with E-state index in [0.717, 1.165) is 24.2 Å². The Hall–Kier alpha value is -1.68. The standard InChI is InChI=1S/C20H26N2O/c1-16-14-22(17(2)13-21-16)15-20(23,18-9-5-3-6-10-18)19-11-7-4-8-12-19/h3-12,16-17,21,23H,13-15H2,1-2H3. The first-order chi connectivity index (χ1) is 11.1. The fourth-order valence-corrected chi connectivity index (χ4v) is 3.39. The number of hydrogen-bond donors (Lipinski definition) is 2. The van der Waals surface area contributed by atoms with Crippen molar-refractivity contribution in [1.82, 2.24) is 10.2 Å². The zero-order valence-electron chi connectivity index (χ0n) is 13.9. The van der Waals surface area contributed by atoms with Crippen molar-refractivity contribution in [3.8, 4) is 0 Å². The number of benzene rings is 2. The normalized spacial score (nSPS) is 22.9. The Morgan fingerprint density at radius 1 is 1.00 bits per heavy atom. The smallest absolute Gasteiger partial charge is 0.127 e. The highest BCUT2D eigenvalue weighted by molar-refractivity contribution is 5.36. The second-order valence-electron chi connectivity index (χ2n) is 6.68. The quantitative estimate of drug-likeness (QED) is 0.911. The Kier molecular flexibility index (Phi) is 4.81. The monoisotopic (exact) mass is 310 g/mol. The van der Waals surface area contributed by atoms with Gasteiger partial charge >= 0.3 is 0 Å². The molecule has 1 aliphatic rings. The Labute approximate surface area is 139 Å². The lowest BCUT2D eigenvalue weighted by molar-refractivity contribution is 0.00997. The summed E-state index contributed by atoms with van der Waals surface area (Å²) in [7, 11) is 0. The predicted molar refractivity (Wildman–Crippen MR) is 94.4 cm³/mol. The first kappa shape index (κ1) is 16.2. The van der Waals surface area contributed by atoms with Gasteiger partial charge in [-0.15, -0.1) is 0 Å². The molecule has 0 bridgehead atoms. The lowest BCUT2D eigenvalue weighted by Crippen LogP contribution is -2.57. The zero-order valence-corrected chi connectivity index (χ0v) is 13.9. The summed E-state index contributed by atoms with van der Waals surface area (Å²) >= 11 is 0. The van der Waals surface area contributed by atoms with Gasteiger partial charge in [0.15, 0.2) is 0 Å². The van der Waals surface area contributed by atoms with Gasteiger partial charge in [0.25, 0.3) is 0 Å². The van der Waals surface area contributed by atoms with E-state index in [1.54, 1.807) is 0 Å². The maximum atomic E-state index is 11.6. The molecule has 23 heavy (non-hydrogen) atoms. The SMILES string of the molecule is CC1CN(CC(O)(c2ccccc2)c2ccccc2)C(C)CN1. The van der Waals surface area contributed by atoms with E-state index in [1.807, 2.05) is 60.7 Å². The molecule has 2 aromatic rings. The summed E-state index contributed by atoms with van der Waals surface area (Å²) in [6.07, 6.45) is 0. The summed E-state index contributed by atoms with van der Waals surface area (Å²) in [5, 5.41) is 15.2. The number of aliphatic hydroxyl groups is 1. The fraction of sp³-hybridized carbons (Fsp3) is 0.400. The van der Waals surface area contributed by atoms with Crippen LogP contribution in [0.2, 0.25) is 0 Å². The molecule has 1 heterocycles. The number of piperazine rings is 1. The summed E-state index contributed by atoms with van der Waals surface area (Å²) in [4.78, 5) is 2.39. The van der Waals surface area contributed by atoms with E-state index < -0.39 is 5.60 Å². The first-order valence-corrected chi connectivity index (χ1v) is 8.40. The molecule has 2 aromatic carbocycles. The molecule has 1 saturated heterocycles. The lowest BCUT2D eigenvalue weighted by atomic mass is 9.85. The molecular weight excluding hydrogens is 284 g/mol. The average Bonchev–Trinajstić information content (AvgIpc) is 2.59. The summed E-state index contributed by atoms with van der Waals surface area (Å²) in [6.45, 7) is 6.93. The van der Waals surface area contributed by atoms with Gasteiger partial charge in [-0.1, -0.05) is 60.7 Å².